The Kier molecular flexibility index (Phi) is 4.86. The molecule has 2 fully saturated rings. The molecule has 4 rings (SSSR count). The summed E-state index contributed by atoms with van der Waals surface area (Å²) in [6.45, 7) is 8.32. The molecule has 0 aliphatic carbocycles. The van der Waals surface area contributed by atoms with E-state index >= 15 is 0 Å². The first-order chi connectivity index (χ1) is 12.1. The zero-order chi connectivity index (χ0) is 17.4. The number of amides is 1. The van der Waals surface area contributed by atoms with Gasteiger partial charge in [-0.25, -0.2) is 9.97 Å². The van der Waals surface area contributed by atoms with Crippen LogP contribution in [0.4, 0.5) is 0 Å². The topological polar surface area (TPSA) is 67.3 Å². The highest BCUT2D eigenvalue weighted by molar-refractivity contribution is 7.10. The Bertz CT molecular complexity index is 759. The summed E-state index contributed by atoms with van der Waals surface area (Å²) in [5, 5.41) is 5.76. The van der Waals surface area contributed by atoms with Crippen molar-refractivity contribution in [1.82, 2.24) is 20.2 Å². The molecule has 2 aromatic rings. The highest BCUT2D eigenvalue weighted by Gasteiger charge is 2.43. The Balaban J connectivity index is 1.31. The van der Waals surface area contributed by atoms with Crippen LogP contribution in [-0.4, -0.2) is 53.1 Å². The predicted molar refractivity (Wildman–Crippen MR) is 98.0 cm³/mol. The molecular formula is C17H22N4O2S2. The summed E-state index contributed by atoms with van der Waals surface area (Å²) < 4.78 is 5.99. The molecule has 1 N–H and O–H groups in total. The van der Waals surface area contributed by atoms with Gasteiger partial charge in [-0.3, -0.25) is 9.69 Å². The van der Waals surface area contributed by atoms with Crippen LogP contribution in [0.25, 0.3) is 0 Å². The molecule has 3 atom stereocenters. The van der Waals surface area contributed by atoms with E-state index in [2.05, 4.69) is 27.1 Å². The molecule has 134 valence electrons. The number of carbonyl (C=O) groups excluding carboxylic acids is 1. The van der Waals surface area contributed by atoms with Crippen molar-refractivity contribution in [2.45, 2.75) is 26.5 Å². The maximum Gasteiger partial charge on any atom is 0.270 e. The normalized spacial score (nSPS) is 26.1. The first kappa shape index (κ1) is 17.1. The number of nitrogens with zero attached hydrogens (tertiary/aromatic N) is 3. The summed E-state index contributed by atoms with van der Waals surface area (Å²) in [6.07, 6.45) is 0.289. The van der Waals surface area contributed by atoms with Crippen LogP contribution in [0.2, 0.25) is 0 Å². The second-order valence-electron chi connectivity index (χ2n) is 6.81. The van der Waals surface area contributed by atoms with Crippen LogP contribution in [0.1, 0.15) is 26.1 Å². The van der Waals surface area contributed by atoms with Crippen molar-refractivity contribution in [2.75, 3.05) is 26.2 Å². The van der Waals surface area contributed by atoms with Crippen molar-refractivity contribution >= 4 is 28.6 Å². The van der Waals surface area contributed by atoms with Gasteiger partial charge in [-0.1, -0.05) is 0 Å². The van der Waals surface area contributed by atoms with Gasteiger partial charge in [-0.05, 0) is 13.8 Å². The summed E-state index contributed by atoms with van der Waals surface area (Å²) in [5.41, 5.74) is 3.56. The lowest BCUT2D eigenvalue weighted by atomic mass is 9.93. The SMILES string of the molecule is Cc1nc(C(=O)NC[C@@H]2CO[C@H]3CN(Cc4scnc4C)C[C@@H]23)cs1. The third-order valence-corrected chi connectivity index (χ3v) is 6.80. The van der Waals surface area contributed by atoms with Crippen molar-refractivity contribution in [3.05, 3.63) is 32.2 Å². The van der Waals surface area contributed by atoms with Crippen LogP contribution in [-0.2, 0) is 11.3 Å². The van der Waals surface area contributed by atoms with Crippen molar-refractivity contribution in [1.29, 1.82) is 0 Å². The Labute approximate surface area is 155 Å². The fourth-order valence-electron chi connectivity index (χ4n) is 3.68. The molecule has 2 aromatic heterocycles. The summed E-state index contributed by atoms with van der Waals surface area (Å²) in [5.74, 6) is 0.787. The standard InChI is InChI=1S/C17H22N4O2S2/c1-10-16(25-9-19-10)6-21-4-13-12(7-23-15(13)5-21)3-18-17(22)14-8-24-11(2)20-14/h8-9,12-13,15H,3-7H2,1-2H3,(H,18,22)/t12-,13+,15+/m1/s1. The molecule has 4 heterocycles. The van der Waals surface area contributed by atoms with Crippen molar-refractivity contribution in [2.24, 2.45) is 11.8 Å². The van der Waals surface area contributed by atoms with Crippen LogP contribution in [0, 0.1) is 25.7 Å². The largest absolute Gasteiger partial charge is 0.376 e. The number of hydrogen-bond donors (Lipinski definition) is 1. The van der Waals surface area contributed by atoms with Crippen molar-refractivity contribution in [3.63, 3.8) is 0 Å². The predicted octanol–water partition coefficient (Wildman–Crippen LogP) is 2.09. The van der Waals surface area contributed by atoms with Gasteiger partial charge in [0, 0.05) is 48.3 Å². The Hall–Kier alpha value is -1.35. The van der Waals surface area contributed by atoms with Crippen LogP contribution in [0.5, 0.6) is 0 Å². The Morgan fingerprint density at radius 2 is 2.28 bits per heavy atom. The van der Waals surface area contributed by atoms with E-state index in [0.717, 1.165) is 36.9 Å². The molecule has 2 aliphatic heterocycles. The van der Waals surface area contributed by atoms with E-state index in [9.17, 15) is 4.79 Å². The molecule has 0 bridgehead atoms. The minimum absolute atomic E-state index is 0.0806. The zero-order valence-corrected chi connectivity index (χ0v) is 16.0. The fourth-order valence-corrected chi connectivity index (χ4v) is 5.09. The van der Waals surface area contributed by atoms with E-state index in [4.69, 9.17) is 4.74 Å². The van der Waals surface area contributed by atoms with Gasteiger partial charge < -0.3 is 10.1 Å². The van der Waals surface area contributed by atoms with E-state index < -0.39 is 0 Å². The quantitative estimate of drug-likeness (QED) is 0.863. The third-order valence-electron chi connectivity index (χ3n) is 5.10. The summed E-state index contributed by atoms with van der Waals surface area (Å²) in [7, 11) is 0. The van der Waals surface area contributed by atoms with E-state index in [1.165, 1.54) is 16.2 Å². The average molecular weight is 379 g/mol. The van der Waals surface area contributed by atoms with Crippen molar-refractivity contribution < 1.29 is 9.53 Å². The zero-order valence-electron chi connectivity index (χ0n) is 14.4. The lowest BCUT2D eigenvalue weighted by Gasteiger charge is -2.19. The fraction of sp³-hybridized carbons (Fsp3) is 0.588. The summed E-state index contributed by atoms with van der Waals surface area (Å²) in [4.78, 5) is 24.6. The second-order valence-corrected chi connectivity index (χ2v) is 8.81. The van der Waals surface area contributed by atoms with Crippen molar-refractivity contribution in [3.8, 4) is 0 Å². The molecule has 25 heavy (non-hydrogen) atoms. The third kappa shape index (κ3) is 3.62. The number of aryl methyl sites for hydroxylation is 2. The van der Waals surface area contributed by atoms with Gasteiger partial charge in [-0.15, -0.1) is 22.7 Å². The highest BCUT2D eigenvalue weighted by atomic mass is 32.1. The van der Waals surface area contributed by atoms with Gasteiger partial charge in [0.15, 0.2) is 0 Å². The van der Waals surface area contributed by atoms with Gasteiger partial charge in [0.2, 0.25) is 0 Å². The highest BCUT2D eigenvalue weighted by Crippen LogP contribution is 2.34. The monoisotopic (exact) mass is 378 g/mol. The van der Waals surface area contributed by atoms with Gasteiger partial charge in [0.1, 0.15) is 5.69 Å². The van der Waals surface area contributed by atoms with E-state index in [1.54, 1.807) is 11.3 Å². The number of thiazole rings is 2. The molecule has 0 spiro atoms. The number of likely N-dealkylation sites (tertiary alicyclic amines) is 1. The number of nitrogens with one attached hydrogen (secondary N) is 1. The van der Waals surface area contributed by atoms with Gasteiger partial charge in [0.05, 0.1) is 28.9 Å². The molecule has 0 unspecified atom stereocenters. The minimum Gasteiger partial charge on any atom is -0.376 e. The number of fused-ring (bicyclic) bond motifs is 1. The van der Waals surface area contributed by atoms with Crippen LogP contribution in [0.3, 0.4) is 0 Å². The lowest BCUT2D eigenvalue weighted by molar-refractivity contribution is 0.0902. The molecule has 8 heteroatoms. The molecule has 0 radical (unpaired) electrons. The number of hydrogen-bond acceptors (Lipinski definition) is 7. The maximum atomic E-state index is 12.2. The number of carbonyl (C=O) groups is 1. The maximum absolute atomic E-state index is 12.2. The van der Waals surface area contributed by atoms with E-state index in [0.29, 0.717) is 24.1 Å². The molecule has 0 aromatic carbocycles. The average Bonchev–Trinajstić information content (AvgIpc) is 3.33. The van der Waals surface area contributed by atoms with Gasteiger partial charge in [0.25, 0.3) is 5.91 Å². The second kappa shape index (κ2) is 7.11. The number of ether oxygens (including phenoxy) is 1. The molecule has 2 saturated heterocycles. The molecule has 2 aliphatic rings. The van der Waals surface area contributed by atoms with Crippen LogP contribution < -0.4 is 5.32 Å². The smallest absolute Gasteiger partial charge is 0.270 e. The van der Waals surface area contributed by atoms with Gasteiger partial charge in [-0.2, -0.15) is 0 Å². The first-order valence-corrected chi connectivity index (χ1v) is 10.3. The molecule has 1 amide bonds. The minimum atomic E-state index is -0.0806. The van der Waals surface area contributed by atoms with E-state index in [-0.39, 0.29) is 12.0 Å². The molecule has 6 nitrogen and oxygen atoms in total. The van der Waals surface area contributed by atoms with Gasteiger partial charge >= 0.3 is 0 Å². The Morgan fingerprint density at radius 3 is 3.00 bits per heavy atom. The lowest BCUT2D eigenvalue weighted by Crippen LogP contribution is -2.34. The molecular weight excluding hydrogens is 356 g/mol. The van der Waals surface area contributed by atoms with Crippen LogP contribution in [0.15, 0.2) is 10.9 Å². The number of rotatable bonds is 5. The Morgan fingerprint density at radius 1 is 1.40 bits per heavy atom. The van der Waals surface area contributed by atoms with E-state index in [1.807, 2.05) is 17.8 Å². The number of aromatic nitrogens is 2. The summed E-state index contributed by atoms with van der Waals surface area (Å²) in [6, 6.07) is 0. The van der Waals surface area contributed by atoms with Crippen LogP contribution >= 0.6 is 22.7 Å². The first-order valence-electron chi connectivity index (χ1n) is 8.53. The molecule has 0 saturated carbocycles. The summed E-state index contributed by atoms with van der Waals surface area (Å²) >= 11 is 3.22.